The van der Waals surface area contributed by atoms with E-state index in [-0.39, 0.29) is 6.10 Å². The molecule has 0 aromatic carbocycles. The second-order valence-electron chi connectivity index (χ2n) is 6.02. The number of hydrogen-bond donors (Lipinski definition) is 2. The van der Waals surface area contributed by atoms with Gasteiger partial charge < -0.3 is 10.4 Å². The molecule has 0 bridgehead atoms. The van der Waals surface area contributed by atoms with Gasteiger partial charge >= 0.3 is 0 Å². The molecule has 2 aliphatic carbocycles. The minimum absolute atomic E-state index is 0.102. The quantitative estimate of drug-likeness (QED) is 0.891. The summed E-state index contributed by atoms with van der Waals surface area (Å²) in [6.45, 7) is 3.12. The molecule has 1 aromatic heterocycles. The summed E-state index contributed by atoms with van der Waals surface area (Å²) in [6, 6.07) is 0.324. The zero-order chi connectivity index (χ0) is 13.2. The fraction of sp³-hybridized carbons (Fsp3) is 0.800. The molecule has 3 unspecified atom stereocenters. The number of rotatable bonds is 4. The highest BCUT2D eigenvalue weighted by Crippen LogP contribution is 2.31. The maximum Gasteiger partial charge on any atom is 0.110 e. The van der Waals surface area contributed by atoms with Gasteiger partial charge in [0.2, 0.25) is 0 Å². The molecular weight excluding hydrogens is 256 g/mol. The van der Waals surface area contributed by atoms with Crippen molar-refractivity contribution in [2.45, 2.75) is 64.0 Å². The summed E-state index contributed by atoms with van der Waals surface area (Å²) < 4.78 is 0. The highest BCUT2D eigenvalue weighted by atomic mass is 32.1. The van der Waals surface area contributed by atoms with Crippen molar-refractivity contribution >= 4 is 11.3 Å². The molecule has 1 saturated carbocycles. The highest BCUT2D eigenvalue weighted by molar-refractivity contribution is 7.11. The molecule has 2 aliphatic rings. The molecule has 0 amide bonds. The van der Waals surface area contributed by atoms with Gasteiger partial charge in [-0.1, -0.05) is 12.8 Å². The molecule has 3 rings (SSSR count). The molecule has 0 radical (unpaired) electrons. The van der Waals surface area contributed by atoms with Crippen molar-refractivity contribution in [3.05, 3.63) is 15.6 Å². The third-order valence-electron chi connectivity index (χ3n) is 4.54. The molecule has 1 aromatic rings. The van der Waals surface area contributed by atoms with E-state index in [1.54, 1.807) is 0 Å². The van der Waals surface area contributed by atoms with E-state index in [0.717, 1.165) is 19.4 Å². The van der Waals surface area contributed by atoms with Gasteiger partial charge in [-0.15, -0.1) is 11.3 Å². The first kappa shape index (κ1) is 13.5. The number of nitrogens with one attached hydrogen (secondary N) is 1. The maximum absolute atomic E-state index is 9.99. The van der Waals surface area contributed by atoms with Crippen LogP contribution >= 0.6 is 11.3 Å². The fourth-order valence-electron chi connectivity index (χ4n) is 3.24. The van der Waals surface area contributed by atoms with E-state index in [0.29, 0.717) is 12.0 Å². The lowest BCUT2D eigenvalue weighted by Crippen LogP contribution is -2.34. The van der Waals surface area contributed by atoms with Crippen molar-refractivity contribution in [3.63, 3.8) is 0 Å². The van der Waals surface area contributed by atoms with E-state index in [1.807, 2.05) is 11.3 Å². The monoisotopic (exact) mass is 280 g/mol. The Hall–Kier alpha value is -0.450. The smallest absolute Gasteiger partial charge is 0.110 e. The molecule has 1 heterocycles. The molecule has 3 nitrogen and oxygen atoms in total. The second-order valence-corrected chi connectivity index (χ2v) is 7.13. The van der Waals surface area contributed by atoms with E-state index >= 15 is 0 Å². The van der Waals surface area contributed by atoms with Gasteiger partial charge in [0.05, 0.1) is 17.8 Å². The molecule has 0 saturated heterocycles. The molecule has 2 N–H and O–H groups in total. The van der Waals surface area contributed by atoms with Gasteiger partial charge in [0.1, 0.15) is 5.01 Å². The molecule has 4 heteroatoms. The van der Waals surface area contributed by atoms with Crippen molar-refractivity contribution < 1.29 is 5.11 Å². The molecule has 3 atom stereocenters. The topological polar surface area (TPSA) is 45.1 Å². The lowest BCUT2D eigenvalue weighted by atomic mass is 9.86. The summed E-state index contributed by atoms with van der Waals surface area (Å²) in [5, 5.41) is 14.8. The van der Waals surface area contributed by atoms with Gasteiger partial charge in [0.25, 0.3) is 0 Å². The normalized spacial score (nSPS) is 28.3. The highest BCUT2D eigenvalue weighted by Gasteiger charge is 2.24. The van der Waals surface area contributed by atoms with Gasteiger partial charge in [-0.3, -0.25) is 0 Å². The summed E-state index contributed by atoms with van der Waals surface area (Å²) in [7, 11) is 0. The predicted octanol–water partition coefficient (Wildman–Crippen LogP) is 2.83. The zero-order valence-electron chi connectivity index (χ0n) is 11.7. The Morgan fingerprint density at radius 3 is 2.95 bits per heavy atom. The van der Waals surface area contributed by atoms with Crippen molar-refractivity contribution in [1.82, 2.24) is 10.3 Å². The minimum Gasteiger partial charge on any atom is -0.393 e. The average Bonchev–Trinajstić information content (AvgIpc) is 2.98. The zero-order valence-corrected chi connectivity index (χ0v) is 12.5. The van der Waals surface area contributed by atoms with Crippen molar-refractivity contribution in [1.29, 1.82) is 0 Å². The summed E-state index contributed by atoms with van der Waals surface area (Å²) in [4.78, 5) is 6.27. The van der Waals surface area contributed by atoms with Gasteiger partial charge in [-0.05, 0) is 44.9 Å². The van der Waals surface area contributed by atoms with Gasteiger partial charge in [-0.25, -0.2) is 4.98 Å². The Morgan fingerprint density at radius 2 is 2.16 bits per heavy atom. The van der Waals surface area contributed by atoms with Crippen LogP contribution in [0.4, 0.5) is 0 Å². The van der Waals surface area contributed by atoms with E-state index in [1.165, 1.54) is 47.7 Å². The van der Waals surface area contributed by atoms with Crippen LogP contribution in [0.1, 0.15) is 60.6 Å². The predicted molar refractivity (Wildman–Crippen MR) is 78.5 cm³/mol. The van der Waals surface area contributed by atoms with Crippen LogP contribution in [0.5, 0.6) is 0 Å². The SMILES string of the molecule is CC(NCC1CCCCC1O)c1nc2c(s1)CCC2. The average molecular weight is 280 g/mol. The molecule has 0 spiro atoms. The van der Waals surface area contributed by atoms with Crippen LogP contribution in [0, 0.1) is 5.92 Å². The fourth-order valence-corrected chi connectivity index (χ4v) is 4.42. The molecule has 19 heavy (non-hydrogen) atoms. The van der Waals surface area contributed by atoms with E-state index < -0.39 is 0 Å². The maximum atomic E-state index is 9.99. The second kappa shape index (κ2) is 5.90. The number of aromatic nitrogens is 1. The van der Waals surface area contributed by atoms with Gasteiger partial charge in [-0.2, -0.15) is 0 Å². The molecule has 106 valence electrons. The Bertz CT molecular complexity index is 410. The summed E-state index contributed by atoms with van der Waals surface area (Å²) >= 11 is 1.88. The number of aryl methyl sites for hydroxylation is 2. The van der Waals surface area contributed by atoms with Crippen molar-refractivity contribution in [2.75, 3.05) is 6.54 Å². The van der Waals surface area contributed by atoms with Crippen molar-refractivity contribution in [2.24, 2.45) is 5.92 Å². The van der Waals surface area contributed by atoms with Crippen LogP contribution in [-0.4, -0.2) is 22.7 Å². The Balaban J connectivity index is 1.54. The van der Waals surface area contributed by atoms with Gasteiger partial charge in [0.15, 0.2) is 0 Å². The van der Waals surface area contributed by atoms with E-state index in [4.69, 9.17) is 4.98 Å². The number of aliphatic hydroxyl groups excluding tert-OH is 1. The Kier molecular flexibility index (Phi) is 4.20. The number of hydrogen-bond acceptors (Lipinski definition) is 4. The first-order valence-corrected chi connectivity index (χ1v) is 8.45. The minimum atomic E-state index is -0.102. The van der Waals surface area contributed by atoms with E-state index in [9.17, 15) is 5.11 Å². The van der Waals surface area contributed by atoms with Crippen LogP contribution < -0.4 is 5.32 Å². The third kappa shape index (κ3) is 3.01. The molecule has 1 fully saturated rings. The number of fused-ring (bicyclic) bond motifs is 1. The molecule has 0 aliphatic heterocycles. The number of thiazole rings is 1. The Morgan fingerprint density at radius 1 is 1.32 bits per heavy atom. The molecular formula is C15H24N2OS. The van der Waals surface area contributed by atoms with Crippen LogP contribution in [0.2, 0.25) is 0 Å². The Labute approximate surface area is 119 Å². The van der Waals surface area contributed by atoms with Crippen LogP contribution in [0.3, 0.4) is 0 Å². The van der Waals surface area contributed by atoms with Crippen LogP contribution in [0.15, 0.2) is 0 Å². The largest absolute Gasteiger partial charge is 0.393 e. The first-order chi connectivity index (χ1) is 9.24. The first-order valence-electron chi connectivity index (χ1n) is 7.64. The summed E-state index contributed by atoms with van der Waals surface area (Å²) in [5.41, 5.74) is 1.34. The van der Waals surface area contributed by atoms with E-state index in [2.05, 4.69) is 12.2 Å². The standard InChI is InChI=1S/C15H24N2OS/c1-10(15-17-12-6-4-8-14(12)19-15)16-9-11-5-2-3-7-13(11)18/h10-11,13,16,18H,2-9H2,1H3. The van der Waals surface area contributed by atoms with Gasteiger partial charge in [0, 0.05) is 11.4 Å². The number of nitrogens with zero attached hydrogens (tertiary/aromatic N) is 1. The third-order valence-corrected chi connectivity index (χ3v) is 5.88. The van der Waals surface area contributed by atoms with Crippen LogP contribution in [-0.2, 0) is 12.8 Å². The summed E-state index contributed by atoms with van der Waals surface area (Å²) in [5.74, 6) is 0.433. The van der Waals surface area contributed by atoms with Crippen LogP contribution in [0.25, 0.3) is 0 Å². The lowest BCUT2D eigenvalue weighted by molar-refractivity contribution is 0.0684. The summed E-state index contributed by atoms with van der Waals surface area (Å²) in [6.07, 6.45) is 8.16. The number of aliphatic hydroxyl groups is 1. The van der Waals surface area contributed by atoms with Crippen molar-refractivity contribution in [3.8, 4) is 0 Å². The lowest BCUT2D eigenvalue weighted by Gasteiger charge is -2.28.